The highest BCUT2D eigenvalue weighted by atomic mass is 16.6. The highest BCUT2D eigenvalue weighted by Crippen LogP contribution is 2.18. The third-order valence-electron chi connectivity index (χ3n) is 3.07. The summed E-state index contributed by atoms with van der Waals surface area (Å²) in [6, 6.07) is 3.62. The van der Waals surface area contributed by atoms with E-state index in [0.717, 1.165) is 17.5 Å². The van der Waals surface area contributed by atoms with Crippen LogP contribution in [0.3, 0.4) is 0 Å². The maximum Gasteiger partial charge on any atom is 0.407 e. The monoisotopic (exact) mass is 374 g/mol. The number of hydrogen-bond acceptors (Lipinski definition) is 7. The number of alkyl carbamates (subject to hydrolysis) is 1. The fraction of sp³-hybridized carbons (Fsp3) is 0.474. The number of ether oxygens (including phenoxy) is 1. The summed E-state index contributed by atoms with van der Waals surface area (Å²) in [4.78, 5) is 24.0. The first kappa shape index (κ1) is 22.1. The highest BCUT2D eigenvalue weighted by molar-refractivity contribution is 5.67. The number of nitrogens with one attached hydrogen (secondary N) is 2. The van der Waals surface area contributed by atoms with Gasteiger partial charge in [-0.2, -0.15) is 0 Å². The Morgan fingerprint density at radius 1 is 1.11 bits per heavy atom. The lowest BCUT2D eigenvalue weighted by atomic mass is 10.1. The van der Waals surface area contributed by atoms with Gasteiger partial charge in [-0.25, -0.2) is 19.7 Å². The molecule has 8 nitrogen and oxygen atoms in total. The Bertz CT molecular complexity index is 698. The predicted octanol–water partition coefficient (Wildman–Crippen LogP) is 3.47. The number of pyridine rings is 1. The SMILES string of the molecule is CC.CC(C)(C)OC(=O)NCCCNc1ncc(-c2ccnc(N)c2)cn1. The Morgan fingerprint density at radius 3 is 2.37 bits per heavy atom. The van der Waals surface area contributed by atoms with E-state index in [9.17, 15) is 4.79 Å². The zero-order valence-corrected chi connectivity index (χ0v) is 16.7. The van der Waals surface area contributed by atoms with E-state index in [4.69, 9.17) is 10.5 Å². The van der Waals surface area contributed by atoms with Gasteiger partial charge in [0.2, 0.25) is 5.95 Å². The first-order valence-corrected chi connectivity index (χ1v) is 9.08. The molecule has 0 spiro atoms. The third-order valence-corrected chi connectivity index (χ3v) is 3.07. The summed E-state index contributed by atoms with van der Waals surface area (Å²) < 4.78 is 5.16. The minimum absolute atomic E-state index is 0.412. The fourth-order valence-corrected chi connectivity index (χ4v) is 1.99. The summed E-state index contributed by atoms with van der Waals surface area (Å²) in [6.45, 7) is 10.6. The van der Waals surface area contributed by atoms with Crippen molar-refractivity contribution < 1.29 is 9.53 Å². The molecule has 0 aliphatic rings. The van der Waals surface area contributed by atoms with E-state index in [0.29, 0.717) is 24.9 Å². The zero-order valence-electron chi connectivity index (χ0n) is 16.7. The van der Waals surface area contributed by atoms with Crippen molar-refractivity contribution in [3.05, 3.63) is 30.7 Å². The van der Waals surface area contributed by atoms with Crippen LogP contribution in [0.2, 0.25) is 0 Å². The zero-order chi connectivity index (χ0) is 20.3. The van der Waals surface area contributed by atoms with Crippen molar-refractivity contribution in [2.24, 2.45) is 0 Å². The Balaban J connectivity index is 0.00000176. The van der Waals surface area contributed by atoms with E-state index >= 15 is 0 Å². The molecule has 0 aromatic carbocycles. The van der Waals surface area contributed by atoms with Crippen LogP contribution in [0, 0.1) is 0 Å². The van der Waals surface area contributed by atoms with Crippen LogP contribution >= 0.6 is 0 Å². The van der Waals surface area contributed by atoms with E-state index in [1.807, 2.05) is 40.7 Å². The van der Waals surface area contributed by atoms with Crippen molar-refractivity contribution >= 4 is 17.9 Å². The molecule has 8 heteroatoms. The number of anilines is 2. The van der Waals surface area contributed by atoms with Gasteiger partial charge in [0.25, 0.3) is 0 Å². The molecular weight excluding hydrogens is 344 g/mol. The topological polar surface area (TPSA) is 115 Å². The Hall–Kier alpha value is -2.90. The summed E-state index contributed by atoms with van der Waals surface area (Å²) in [5, 5.41) is 5.81. The number of aromatic nitrogens is 3. The minimum Gasteiger partial charge on any atom is -0.444 e. The number of nitrogens with two attached hydrogens (primary N) is 1. The molecule has 2 aromatic heterocycles. The molecule has 2 aromatic rings. The molecule has 27 heavy (non-hydrogen) atoms. The smallest absolute Gasteiger partial charge is 0.407 e. The number of carbonyl (C=O) groups excluding carboxylic acids is 1. The minimum atomic E-state index is -0.489. The molecular formula is C19H30N6O2. The average molecular weight is 374 g/mol. The van der Waals surface area contributed by atoms with Crippen LogP contribution in [0.25, 0.3) is 11.1 Å². The van der Waals surface area contributed by atoms with Gasteiger partial charge in [-0.1, -0.05) is 13.8 Å². The molecule has 1 amide bonds. The van der Waals surface area contributed by atoms with Crippen LogP contribution in [0.5, 0.6) is 0 Å². The Kier molecular flexibility index (Phi) is 8.98. The first-order chi connectivity index (χ1) is 12.8. The lowest BCUT2D eigenvalue weighted by molar-refractivity contribution is 0.0528. The number of nitrogen functional groups attached to an aromatic ring is 1. The highest BCUT2D eigenvalue weighted by Gasteiger charge is 2.15. The van der Waals surface area contributed by atoms with E-state index in [2.05, 4.69) is 25.6 Å². The summed E-state index contributed by atoms with van der Waals surface area (Å²) in [5.41, 5.74) is 6.97. The van der Waals surface area contributed by atoms with E-state index in [1.165, 1.54) is 0 Å². The second-order valence-corrected chi connectivity index (χ2v) is 6.47. The molecule has 0 radical (unpaired) electrons. The van der Waals surface area contributed by atoms with Crippen LogP contribution in [0.15, 0.2) is 30.7 Å². The lowest BCUT2D eigenvalue weighted by Crippen LogP contribution is -2.33. The van der Waals surface area contributed by atoms with Gasteiger partial charge >= 0.3 is 6.09 Å². The van der Waals surface area contributed by atoms with Gasteiger partial charge in [0, 0.05) is 37.2 Å². The van der Waals surface area contributed by atoms with Crippen LogP contribution in [-0.4, -0.2) is 39.7 Å². The number of amides is 1. The maximum absolute atomic E-state index is 11.5. The molecule has 0 aliphatic heterocycles. The van der Waals surface area contributed by atoms with Gasteiger partial charge < -0.3 is 21.1 Å². The van der Waals surface area contributed by atoms with Gasteiger partial charge in [-0.15, -0.1) is 0 Å². The molecule has 0 saturated heterocycles. The summed E-state index contributed by atoms with van der Waals surface area (Å²) in [6.07, 6.45) is 5.41. The van der Waals surface area contributed by atoms with Crippen LogP contribution in [0.1, 0.15) is 41.0 Å². The van der Waals surface area contributed by atoms with Crippen molar-refractivity contribution in [3.63, 3.8) is 0 Å². The van der Waals surface area contributed by atoms with Crippen molar-refractivity contribution in [1.29, 1.82) is 0 Å². The van der Waals surface area contributed by atoms with E-state index < -0.39 is 11.7 Å². The molecule has 0 unspecified atom stereocenters. The van der Waals surface area contributed by atoms with E-state index in [-0.39, 0.29) is 0 Å². The van der Waals surface area contributed by atoms with Gasteiger partial charge in [0.05, 0.1) is 0 Å². The molecule has 148 valence electrons. The molecule has 0 saturated carbocycles. The van der Waals surface area contributed by atoms with Crippen LogP contribution < -0.4 is 16.4 Å². The summed E-state index contributed by atoms with van der Waals surface area (Å²) >= 11 is 0. The normalized spacial score (nSPS) is 10.4. The number of hydrogen-bond donors (Lipinski definition) is 3. The second-order valence-electron chi connectivity index (χ2n) is 6.47. The number of carbonyl (C=O) groups is 1. The van der Waals surface area contributed by atoms with Gasteiger partial charge in [-0.3, -0.25) is 0 Å². The van der Waals surface area contributed by atoms with Gasteiger partial charge in [-0.05, 0) is 44.9 Å². The van der Waals surface area contributed by atoms with Crippen LogP contribution in [-0.2, 0) is 4.74 Å². The first-order valence-electron chi connectivity index (χ1n) is 9.08. The standard InChI is InChI=1S/C17H24N6O2.C2H6/c1-17(2,3)25-16(24)21-7-4-6-20-15-22-10-13(11-23-15)12-5-8-19-14(18)9-12;1-2/h5,8-11H,4,6-7H2,1-3H3,(H2,18,19)(H,21,24)(H,20,22,23);1-2H3. The molecule has 0 atom stereocenters. The maximum atomic E-state index is 11.5. The molecule has 0 bridgehead atoms. The molecule has 0 aliphatic carbocycles. The van der Waals surface area contributed by atoms with Gasteiger partial charge in [0.15, 0.2) is 0 Å². The van der Waals surface area contributed by atoms with Gasteiger partial charge in [0.1, 0.15) is 11.4 Å². The quantitative estimate of drug-likeness (QED) is 0.663. The summed E-state index contributed by atoms with van der Waals surface area (Å²) in [5.74, 6) is 0.986. The molecule has 0 fully saturated rings. The number of nitrogens with zero attached hydrogens (tertiary/aromatic N) is 3. The second kappa shape index (κ2) is 10.9. The Morgan fingerprint density at radius 2 is 1.78 bits per heavy atom. The number of rotatable bonds is 6. The largest absolute Gasteiger partial charge is 0.444 e. The molecule has 2 heterocycles. The van der Waals surface area contributed by atoms with Crippen molar-refractivity contribution in [1.82, 2.24) is 20.3 Å². The molecule has 4 N–H and O–H groups in total. The molecule has 2 rings (SSSR count). The van der Waals surface area contributed by atoms with Crippen molar-refractivity contribution in [2.75, 3.05) is 24.1 Å². The third kappa shape index (κ3) is 8.84. The van der Waals surface area contributed by atoms with Crippen LogP contribution in [0.4, 0.5) is 16.6 Å². The Labute approximate surface area is 161 Å². The van der Waals surface area contributed by atoms with Crippen molar-refractivity contribution in [2.45, 2.75) is 46.6 Å². The fourth-order valence-electron chi connectivity index (χ4n) is 1.99. The van der Waals surface area contributed by atoms with E-state index in [1.54, 1.807) is 24.7 Å². The lowest BCUT2D eigenvalue weighted by Gasteiger charge is -2.19. The summed E-state index contributed by atoms with van der Waals surface area (Å²) in [7, 11) is 0. The average Bonchev–Trinajstić information content (AvgIpc) is 2.62. The van der Waals surface area contributed by atoms with Crippen molar-refractivity contribution in [3.8, 4) is 11.1 Å². The predicted molar refractivity (Wildman–Crippen MR) is 108 cm³/mol.